The number of aromatic nitrogens is 1. The molecule has 6 nitrogen and oxygen atoms in total. The van der Waals surface area contributed by atoms with Crippen molar-refractivity contribution in [3.05, 3.63) is 28.7 Å². The fourth-order valence-electron chi connectivity index (χ4n) is 3.13. The first kappa shape index (κ1) is 22.5. The number of nitrogens with zero attached hydrogens (tertiary/aromatic N) is 3. The molecule has 3 rings (SSSR count). The Labute approximate surface area is 175 Å². The van der Waals surface area contributed by atoms with Crippen molar-refractivity contribution in [2.45, 2.75) is 39.7 Å². The predicted octanol–water partition coefficient (Wildman–Crippen LogP) is 2.54. The van der Waals surface area contributed by atoms with E-state index in [1.807, 2.05) is 13.0 Å². The van der Waals surface area contributed by atoms with E-state index in [1.165, 1.54) is 20.0 Å². The summed E-state index contributed by atoms with van der Waals surface area (Å²) in [5.41, 5.74) is 1.84. The van der Waals surface area contributed by atoms with E-state index >= 15 is 0 Å². The number of methoxy groups -OCH3 is 1. The zero-order chi connectivity index (χ0) is 17.7. The SMILES string of the molecule is CC(C)O.COC(=O)c1ccc(C)c(N2CCCC3(C[N-]C3)C2)n1.[Y]. The molecule has 0 aliphatic carbocycles. The van der Waals surface area contributed by atoms with Gasteiger partial charge < -0.3 is 20.1 Å². The van der Waals surface area contributed by atoms with Gasteiger partial charge in [0.2, 0.25) is 0 Å². The first-order valence-corrected chi connectivity index (χ1v) is 8.49. The van der Waals surface area contributed by atoms with E-state index in [0.717, 1.165) is 37.6 Å². The van der Waals surface area contributed by atoms with E-state index in [9.17, 15) is 4.79 Å². The maximum Gasteiger partial charge on any atom is 0.356 e. The summed E-state index contributed by atoms with van der Waals surface area (Å²) in [6.07, 6.45) is 2.25. The predicted molar refractivity (Wildman–Crippen MR) is 94.6 cm³/mol. The largest absolute Gasteiger partial charge is 0.661 e. The summed E-state index contributed by atoms with van der Waals surface area (Å²) in [5.74, 6) is 0.537. The van der Waals surface area contributed by atoms with Gasteiger partial charge in [-0.2, -0.15) is 0 Å². The minimum atomic E-state index is -0.378. The fraction of sp³-hybridized carbons (Fsp3) is 0.667. The van der Waals surface area contributed by atoms with E-state index in [4.69, 9.17) is 9.84 Å². The number of pyridine rings is 1. The van der Waals surface area contributed by atoms with Crippen LogP contribution in [-0.2, 0) is 37.4 Å². The zero-order valence-electron chi connectivity index (χ0n) is 15.7. The molecule has 0 amide bonds. The molecule has 25 heavy (non-hydrogen) atoms. The van der Waals surface area contributed by atoms with Gasteiger partial charge in [-0.1, -0.05) is 6.07 Å². The van der Waals surface area contributed by atoms with E-state index < -0.39 is 0 Å². The van der Waals surface area contributed by atoms with E-state index in [1.54, 1.807) is 19.9 Å². The number of carbonyl (C=O) groups is 1. The van der Waals surface area contributed by atoms with Crippen molar-refractivity contribution in [1.82, 2.24) is 4.98 Å². The van der Waals surface area contributed by atoms with Crippen LogP contribution in [0.4, 0.5) is 5.82 Å². The van der Waals surface area contributed by atoms with Gasteiger partial charge in [0.05, 0.1) is 7.11 Å². The number of piperidine rings is 1. The summed E-state index contributed by atoms with van der Waals surface area (Å²) >= 11 is 0. The molecule has 0 atom stereocenters. The van der Waals surface area contributed by atoms with Crippen molar-refractivity contribution >= 4 is 11.8 Å². The Balaban J connectivity index is 0.000000568. The van der Waals surface area contributed by atoms with Crippen molar-refractivity contribution in [3.63, 3.8) is 0 Å². The van der Waals surface area contributed by atoms with E-state index in [0.29, 0.717) is 11.1 Å². The summed E-state index contributed by atoms with van der Waals surface area (Å²) in [6.45, 7) is 9.42. The number of anilines is 1. The summed E-state index contributed by atoms with van der Waals surface area (Å²) in [7, 11) is 1.38. The first-order valence-electron chi connectivity index (χ1n) is 8.49. The maximum absolute atomic E-state index is 11.6. The van der Waals surface area contributed by atoms with Gasteiger partial charge in [0.1, 0.15) is 5.82 Å². The van der Waals surface area contributed by atoms with Gasteiger partial charge in [0, 0.05) is 51.9 Å². The Morgan fingerprint density at radius 1 is 1.40 bits per heavy atom. The minimum Gasteiger partial charge on any atom is -0.661 e. The third-order valence-electron chi connectivity index (χ3n) is 4.32. The van der Waals surface area contributed by atoms with Gasteiger partial charge in [0.15, 0.2) is 5.69 Å². The zero-order valence-corrected chi connectivity index (χ0v) is 18.5. The number of hydrogen-bond acceptors (Lipinski definition) is 5. The number of esters is 1. The molecule has 1 aromatic rings. The normalized spacial score (nSPS) is 17.9. The average molecular weight is 423 g/mol. The van der Waals surface area contributed by atoms with Crippen molar-refractivity contribution < 1.29 is 47.3 Å². The smallest absolute Gasteiger partial charge is 0.356 e. The Morgan fingerprint density at radius 3 is 2.56 bits per heavy atom. The van der Waals surface area contributed by atoms with Crippen LogP contribution in [0.15, 0.2) is 12.1 Å². The molecule has 0 bridgehead atoms. The van der Waals surface area contributed by atoms with E-state index in [-0.39, 0.29) is 44.8 Å². The molecule has 0 saturated carbocycles. The molecule has 0 unspecified atom stereocenters. The molecule has 1 N–H and O–H groups in total. The van der Waals surface area contributed by atoms with Crippen molar-refractivity contribution in [1.29, 1.82) is 0 Å². The van der Waals surface area contributed by atoms with Gasteiger partial charge in [-0.15, -0.1) is 13.1 Å². The van der Waals surface area contributed by atoms with Crippen LogP contribution in [0.25, 0.3) is 5.32 Å². The summed E-state index contributed by atoms with van der Waals surface area (Å²) in [4.78, 5) is 18.5. The second kappa shape index (κ2) is 9.95. The molecule has 3 heterocycles. The van der Waals surface area contributed by atoms with Crippen molar-refractivity contribution in [3.8, 4) is 0 Å². The molecule has 2 fully saturated rings. The van der Waals surface area contributed by atoms with Gasteiger partial charge in [-0.05, 0) is 50.7 Å². The second-order valence-corrected chi connectivity index (χ2v) is 6.99. The number of aryl methyl sites for hydroxylation is 1. The molecule has 2 aliphatic rings. The van der Waals surface area contributed by atoms with Gasteiger partial charge >= 0.3 is 5.97 Å². The van der Waals surface area contributed by atoms with Crippen LogP contribution in [0.3, 0.4) is 0 Å². The molecule has 137 valence electrons. The van der Waals surface area contributed by atoms with Gasteiger partial charge in [-0.3, -0.25) is 0 Å². The van der Waals surface area contributed by atoms with Gasteiger partial charge in [-0.25, -0.2) is 9.78 Å². The molecule has 7 heteroatoms. The van der Waals surface area contributed by atoms with Crippen LogP contribution in [0.5, 0.6) is 0 Å². The second-order valence-electron chi connectivity index (χ2n) is 6.99. The molecular weight excluding hydrogens is 395 g/mol. The molecule has 2 aliphatic heterocycles. The van der Waals surface area contributed by atoms with Crippen molar-refractivity contribution in [2.75, 3.05) is 38.2 Å². The average Bonchev–Trinajstić information content (AvgIpc) is 2.52. The third kappa shape index (κ3) is 5.98. The Morgan fingerprint density at radius 2 is 2.04 bits per heavy atom. The van der Waals surface area contributed by atoms with E-state index in [2.05, 4.69) is 15.2 Å². The molecular formula is C18H28N3O3Y-. The molecule has 1 radical (unpaired) electrons. The van der Waals surface area contributed by atoms with Crippen LogP contribution in [0.2, 0.25) is 0 Å². The summed E-state index contributed by atoms with van der Waals surface area (Å²) in [5, 5.41) is 12.4. The topological polar surface area (TPSA) is 76.8 Å². The number of rotatable bonds is 2. The molecule has 1 spiro atoms. The Bertz CT molecular complexity index is 574. The Hall–Kier alpha value is -0.556. The summed E-state index contributed by atoms with van der Waals surface area (Å²) in [6, 6.07) is 3.67. The number of carbonyl (C=O) groups excluding carboxylic acids is 1. The Kier molecular flexibility index (Phi) is 8.95. The van der Waals surface area contributed by atoms with Crippen LogP contribution in [0, 0.1) is 12.3 Å². The van der Waals surface area contributed by atoms with Crippen LogP contribution in [0.1, 0.15) is 42.7 Å². The van der Waals surface area contributed by atoms with Crippen molar-refractivity contribution in [2.24, 2.45) is 5.41 Å². The number of aliphatic hydroxyl groups is 1. The standard InChI is InChI=1S/C15H20N3O2.C3H8O.Y/c1-11-4-5-12(14(19)20-2)17-13(11)18-7-3-6-15(10-18)8-16-9-15;1-3(2)4;/h4-5H,3,6-10H2,1-2H3;3-4H,1-2H3;/q-1;;. The van der Waals surface area contributed by atoms with Crippen LogP contribution >= 0.6 is 0 Å². The summed E-state index contributed by atoms with van der Waals surface area (Å²) < 4.78 is 4.76. The number of aliphatic hydroxyl groups excluding tert-OH is 1. The quantitative estimate of drug-likeness (QED) is 0.740. The maximum atomic E-state index is 11.6. The minimum absolute atomic E-state index is 0. The fourth-order valence-corrected chi connectivity index (χ4v) is 3.13. The van der Waals surface area contributed by atoms with Gasteiger partial charge in [0.25, 0.3) is 0 Å². The molecule has 1 aromatic heterocycles. The number of hydrogen-bond donors (Lipinski definition) is 1. The first-order chi connectivity index (χ1) is 11.4. The number of ether oxygens (including phenoxy) is 1. The van der Waals surface area contributed by atoms with Crippen LogP contribution in [-0.4, -0.2) is 55.5 Å². The van der Waals surface area contributed by atoms with Crippen LogP contribution < -0.4 is 4.90 Å². The monoisotopic (exact) mass is 423 g/mol. The third-order valence-corrected chi connectivity index (χ3v) is 4.32. The molecule has 0 aromatic carbocycles. The molecule has 2 saturated heterocycles.